The number of carbonyl (C=O) groups excluding carboxylic acids is 2. The van der Waals surface area contributed by atoms with Crippen molar-refractivity contribution >= 4 is 21.8 Å². The summed E-state index contributed by atoms with van der Waals surface area (Å²) < 4.78 is 41.4. The highest BCUT2D eigenvalue weighted by Gasteiger charge is 2.26. The number of hydrogen-bond acceptors (Lipinski definition) is 8. The standard InChI is InChI=1S/C17H20N2O7S/c1-10-17(12(3)26-19-10)27(22,23)18-9-15(20)25-11(2)16(21)13-5-7-14(24-4)8-6-13/h5-8,11,18H,9H2,1-4H3/t11-/m0/s1. The van der Waals surface area contributed by atoms with Crippen molar-refractivity contribution in [3.63, 3.8) is 0 Å². The molecule has 0 aliphatic carbocycles. The molecule has 146 valence electrons. The van der Waals surface area contributed by atoms with E-state index in [4.69, 9.17) is 14.0 Å². The van der Waals surface area contributed by atoms with Gasteiger partial charge in [-0.25, -0.2) is 8.42 Å². The van der Waals surface area contributed by atoms with Gasteiger partial charge in [0, 0.05) is 5.56 Å². The first kappa shape index (κ1) is 20.6. The van der Waals surface area contributed by atoms with E-state index >= 15 is 0 Å². The van der Waals surface area contributed by atoms with Crippen molar-refractivity contribution in [3.05, 3.63) is 41.3 Å². The quantitative estimate of drug-likeness (QED) is 0.524. The monoisotopic (exact) mass is 396 g/mol. The van der Waals surface area contributed by atoms with Gasteiger partial charge in [0.25, 0.3) is 0 Å². The van der Waals surface area contributed by atoms with Crippen molar-refractivity contribution in [2.45, 2.75) is 31.8 Å². The predicted molar refractivity (Wildman–Crippen MR) is 94.0 cm³/mol. The second-order valence-electron chi connectivity index (χ2n) is 5.70. The van der Waals surface area contributed by atoms with Crippen LogP contribution in [0.15, 0.2) is 33.7 Å². The number of ether oxygens (including phenoxy) is 2. The Hall–Kier alpha value is -2.72. The van der Waals surface area contributed by atoms with Crippen LogP contribution in [-0.4, -0.2) is 45.1 Å². The Balaban J connectivity index is 1.95. The molecule has 1 aromatic heterocycles. The fourth-order valence-electron chi connectivity index (χ4n) is 2.37. The number of nitrogens with one attached hydrogen (secondary N) is 1. The molecule has 0 aliphatic heterocycles. The number of Topliss-reactive ketones (excluding diaryl/α,β-unsaturated/α-hetero) is 1. The highest BCUT2D eigenvalue weighted by atomic mass is 32.2. The maximum absolute atomic E-state index is 12.3. The van der Waals surface area contributed by atoms with Crippen molar-refractivity contribution in [2.24, 2.45) is 0 Å². The maximum Gasteiger partial charge on any atom is 0.321 e. The van der Waals surface area contributed by atoms with Gasteiger partial charge in [-0.05, 0) is 45.0 Å². The summed E-state index contributed by atoms with van der Waals surface area (Å²) >= 11 is 0. The largest absolute Gasteiger partial charge is 0.497 e. The molecule has 2 aromatic rings. The van der Waals surface area contributed by atoms with Gasteiger partial charge in [-0.3, -0.25) is 9.59 Å². The lowest BCUT2D eigenvalue weighted by molar-refractivity contribution is -0.144. The molecule has 9 nitrogen and oxygen atoms in total. The Bertz CT molecular complexity index is 913. The number of hydrogen-bond donors (Lipinski definition) is 1. The Kier molecular flexibility index (Phi) is 6.34. The van der Waals surface area contributed by atoms with Crippen LogP contribution in [0.25, 0.3) is 0 Å². The molecule has 10 heteroatoms. The zero-order valence-corrected chi connectivity index (χ0v) is 16.1. The summed E-state index contributed by atoms with van der Waals surface area (Å²) in [7, 11) is -2.49. The lowest BCUT2D eigenvalue weighted by atomic mass is 10.1. The van der Waals surface area contributed by atoms with E-state index in [9.17, 15) is 18.0 Å². The molecule has 1 atom stereocenters. The summed E-state index contributed by atoms with van der Waals surface area (Å²) in [4.78, 5) is 24.1. The average Bonchev–Trinajstić information content (AvgIpc) is 2.98. The van der Waals surface area contributed by atoms with Crippen molar-refractivity contribution in [1.82, 2.24) is 9.88 Å². The molecule has 0 saturated carbocycles. The van der Waals surface area contributed by atoms with Crippen molar-refractivity contribution in [1.29, 1.82) is 0 Å². The van der Waals surface area contributed by atoms with E-state index in [1.807, 2.05) is 0 Å². The molecule has 1 N–H and O–H groups in total. The third kappa shape index (κ3) is 4.92. The first-order chi connectivity index (χ1) is 12.7. The Morgan fingerprint density at radius 1 is 1.22 bits per heavy atom. The lowest BCUT2D eigenvalue weighted by Gasteiger charge is -2.13. The van der Waals surface area contributed by atoms with Crippen LogP contribution in [0.2, 0.25) is 0 Å². The average molecular weight is 396 g/mol. The summed E-state index contributed by atoms with van der Waals surface area (Å²) in [6, 6.07) is 6.32. The minimum Gasteiger partial charge on any atom is -0.497 e. The number of sulfonamides is 1. The number of rotatable bonds is 8. The molecule has 0 fully saturated rings. The number of aryl methyl sites for hydroxylation is 2. The maximum atomic E-state index is 12.3. The predicted octanol–water partition coefficient (Wildman–Crippen LogP) is 1.39. The smallest absolute Gasteiger partial charge is 0.321 e. The fourth-order valence-corrected chi connectivity index (χ4v) is 3.66. The molecule has 0 spiro atoms. The van der Waals surface area contributed by atoms with Gasteiger partial charge in [-0.1, -0.05) is 5.16 Å². The van der Waals surface area contributed by atoms with E-state index in [1.165, 1.54) is 27.9 Å². The summed E-state index contributed by atoms with van der Waals surface area (Å²) in [5.74, 6) is -0.611. The van der Waals surface area contributed by atoms with Gasteiger partial charge in [-0.2, -0.15) is 4.72 Å². The van der Waals surface area contributed by atoms with Gasteiger partial charge in [0.2, 0.25) is 15.8 Å². The van der Waals surface area contributed by atoms with Gasteiger partial charge in [0.05, 0.1) is 7.11 Å². The van der Waals surface area contributed by atoms with Crippen molar-refractivity contribution in [3.8, 4) is 5.75 Å². The Labute approximate surface area is 156 Å². The van der Waals surface area contributed by atoms with Gasteiger partial charge in [-0.15, -0.1) is 0 Å². The number of methoxy groups -OCH3 is 1. The Morgan fingerprint density at radius 2 is 1.85 bits per heavy atom. The molecular formula is C17H20N2O7S. The highest BCUT2D eigenvalue weighted by Crippen LogP contribution is 2.18. The molecule has 0 aliphatic rings. The first-order valence-electron chi connectivity index (χ1n) is 7.96. The molecule has 0 unspecified atom stereocenters. The topological polar surface area (TPSA) is 125 Å². The summed E-state index contributed by atoms with van der Waals surface area (Å²) in [6.45, 7) is 3.70. The summed E-state index contributed by atoms with van der Waals surface area (Å²) in [5.41, 5.74) is 0.517. The number of aromatic nitrogens is 1. The van der Waals surface area contributed by atoms with E-state index in [0.717, 1.165) is 0 Å². The molecular weight excluding hydrogens is 376 g/mol. The van der Waals surface area contributed by atoms with Crippen LogP contribution < -0.4 is 9.46 Å². The molecule has 0 radical (unpaired) electrons. The van der Waals surface area contributed by atoms with Crippen molar-refractivity contribution in [2.75, 3.05) is 13.7 Å². The molecule has 2 rings (SSSR count). The molecule has 1 heterocycles. The van der Waals surface area contributed by atoms with Crippen LogP contribution in [0.5, 0.6) is 5.75 Å². The van der Waals surface area contributed by atoms with Crippen LogP contribution in [0.4, 0.5) is 0 Å². The van der Waals surface area contributed by atoms with Crippen LogP contribution in [0.1, 0.15) is 28.7 Å². The summed E-state index contributed by atoms with van der Waals surface area (Å²) in [6.07, 6.45) is -1.07. The third-order valence-corrected chi connectivity index (χ3v) is 5.34. The minimum atomic E-state index is -4.00. The van der Waals surface area contributed by atoms with Crippen LogP contribution in [0.3, 0.4) is 0 Å². The molecule has 27 heavy (non-hydrogen) atoms. The van der Waals surface area contributed by atoms with Gasteiger partial charge in [0.15, 0.2) is 11.9 Å². The number of carbonyl (C=O) groups is 2. The van der Waals surface area contributed by atoms with E-state index in [0.29, 0.717) is 11.3 Å². The molecule has 0 bridgehead atoms. The van der Waals surface area contributed by atoms with E-state index in [-0.39, 0.29) is 16.3 Å². The van der Waals surface area contributed by atoms with Crippen LogP contribution in [-0.2, 0) is 19.6 Å². The molecule has 0 amide bonds. The normalized spacial score (nSPS) is 12.4. The lowest BCUT2D eigenvalue weighted by Crippen LogP contribution is -2.34. The Morgan fingerprint density at radius 3 is 2.37 bits per heavy atom. The van der Waals surface area contributed by atoms with Gasteiger partial charge >= 0.3 is 5.97 Å². The number of ketones is 1. The number of benzene rings is 1. The summed E-state index contributed by atoms with van der Waals surface area (Å²) in [5, 5.41) is 3.56. The second-order valence-corrected chi connectivity index (χ2v) is 7.41. The molecule has 1 aromatic carbocycles. The second kappa shape index (κ2) is 8.31. The first-order valence-corrected chi connectivity index (χ1v) is 9.44. The van der Waals surface area contributed by atoms with E-state index < -0.39 is 34.4 Å². The zero-order chi connectivity index (χ0) is 20.2. The van der Waals surface area contributed by atoms with Crippen molar-refractivity contribution < 1.29 is 32.0 Å². The zero-order valence-electron chi connectivity index (χ0n) is 15.3. The highest BCUT2D eigenvalue weighted by molar-refractivity contribution is 7.89. The molecule has 0 saturated heterocycles. The SMILES string of the molecule is COc1ccc(C(=O)[C@H](C)OC(=O)CNS(=O)(=O)c2c(C)noc2C)cc1. The van der Waals surface area contributed by atoms with Crippen LogP contribution in [0, 0.1) is 13.8 Å². The van der Waals surface area contributed by atoms with E-state index in [1.54, 1.807) is 24.3 Å². The third-order valence-electron chi connectivity index (χ3n) is 3.70. The van der Waals surface area contributed by atoms with Gasteiger partial charge < -0.3 is 14.0 Å². The number of nitrogens with zero attached hydrogens (tertiary/aromatic N) is 1. The van der Waals surface area contributed by atoms with Crippen LogP contribution >= 0.6 is 0 Å². The van der Waals surface area contributed by atoms with Gasteiger partial charge in [0.1, 0.15) is 22.9 Å². The number of esters is 1. The minimum absolute atomic E-state index is 0.108. The van der Waals surface area contributed by atoms with E-state index in [2.05, 4.69) is 9.88 Å². The fraction of sp³-hybridized carbons (Fsp3) is 0.353.